The molecule has 0 saturated carbocycles. The van der Waals surface area contributed by atoms with Crippen LogP contribution in [-0.4, -0.2) is 50.3 Å². The summed E-state index contributed by atoms with van der Waals surface area (Å²) < 4.78 is 31.0. The maximum absolute atomic E-state index is 12.4. The molecule has 0 aliphatic rings. The second kappa shape index (κ2) is 9.10. The number of sulfonamides is 1. The van der Waals surface area contributed by atoms with Crippen LogP contribution in [-0.2, 0) is 37.3 Å². The molecule has 158 valence electrons. The molecule has 0 bridgehead atoms. The topological polar surface area (TPSA) is 109 Å². The fraction of sp³-hybridized carbons (Fsp3) is 0.238. The number of carbonyl (C=O) groups excluding carboxylic acids is 2. The summed E-state index contributed by atoms with van der Waals surface area (Å²) in [7, 11) is -0.750. The number of para-hydroxylation sites is 1. The lowest BCUT2D eigenvalue weighted by atomic mass is 10.1. The molecule has 0 atom stereocenters. The van der Waals surface area contributed by atoms with Crippen LogP contribution in [0.25, 0.3) is 10.9 Å². The number of esters is 1. The molecule has 1 amide bonds. The summed E-state index contributed by atoms with van der Waals surface area (Å²) in [4.78, 5) is 27.4. The van der Waals surface area contributed by atoms with Crippen molar-refractivity contribution >= 4 is 32.8 Å². The summed E-state index contributed by atoms with van der Waals surface area (Å²) in [6.45, 7) is -0.439. The molecule has 2 N–H and O–H groups in total. The summed E-state index contributed by atoms with van der Waals surface area (Å²) in [5.74, 6) is -1.04. The van der Waals surface area contributed by atoms with Crippen LogP contribution < -0.4 is 5.32 Å². The molecule has 3 aromatic rings. The van der Waals surface area contributed by atoms with Crippen LogP contribution in [0.4, 0.5) is 0 Å². The van der Waals surface area contributed by atoms with Gasteiger partial charge in [0.15, 0.2) is 6.61 Å². The zero-order valence-corrected chi connectivity index (χ0v) is 17.5. The third-order valence-electron chi connectivity index (χ3n) is 4.58. The van der Waals surface area contributed by atoms with Crippen LogP contribution in [0.2, 0.25) is 0 Å². The number of hydrogen-bond acceptors (Lipinski definition) is 5. The Morgan fingerprint density at radius 2 is 1.73 bits per heavy atom. The van der Waals surface area contributed by atoms with Crippen molar-refractivity contribution in [2.24, 2.45) is 0 Å². The lowest BCUT2D eigenvalue weighted by Crippen LogP contribution is -2.30. The van der Waals surface area contributed by atoms with E-state index in [1.54, 1.807) is 24.4 Å². The fourth-order valence-electron chi connectivity index (χ4n) is 2.97. The van der Waals surface area contributed by atoms with Gasteiger partial charge in [-0.05, 0) is 23.3 Å². The molecular weight excluding hydrogens is 406 g/mol. The Labute approximate surface area is 174 Å². The molecule has 1 aromatic heterocycles. The third-order valence-corrected chi connectivity index (χ3v) is 6.50. The van der Waals surface area contributed by atoms with Gasteiger partial charge < -0.3 is 15.0 Å². The van der Waals surface area contributed by atoms with E-state index in [0.29, 0.717) is 5.56 Å². The highest BCUT2D eigenvalue weighted by molar-refractivity contribution is 7.89. The van der Waals surface area contributed by atoms with Gasteiger partial charge in [0.1, 0.15) is 0 Å². The number of amides is 1. The molecule has 0 unspecified atom stereocenters. The number of rotatable bonds is 8. The molecule has 3 rings (SSSR count). The zero-order chi connectivity index (χ0) is 21.7. The maximum atomic E-state index is 12.4. The number of carbonyl (C=O) groups is 2. The van der Waals surface area contributed by atoms with E-state index in [-0.39, 0.29) is 17.9 Å². The first-order chi connectivity index (χ1) is 14.3. The number of fused-ring (bicyclic) bond motifs is 1. The third kappa shape index (κ3) is 4.87. The van der Waals surface area contributed by atoms with E-state index in [1.807, 2.05) is 24.3 Å². The number of nitrogens with one attached hydrogen (secondary N) is 2. The molecule has 0 spiro atoms. The number of H-pyrrole nitrogens is 1. The lowest BCUT2D eigenvalue weighted by Gasteiger charge is -2.15. The van der Waals surface area contributed by atoms with Crippen LogP contribution in [0, 0.1) is 0 Å². The quantitative estimate of drug-likeness (QED) is 0.531. The fourth-order valence-corrected chi connectivity index (χ4v) is 4.09. The average Bonchev–Trinajstić information content (AvgIpc) is 3.13. The molecule has 0 radical (unpaired) electrons. The van der Waals surface area contributed by atoms with Crippen LogP contribution in [0.15, 0.2) is 59.6 Å². The van der Waals surface area contributed by atoms with Gasteiger partial charge in [0, 0.05) is 37.7 Å². The first-order valence-corrected chi connectivity index (χ1v) is 10.7. The van der Waals surface area contributed by atoms with E-state index in [2.05, 4.69) is 10.3 Å². The van der Waals surface area contributed by atoms with Gasteiger partial charge in [0.05, 0.1) is 11.3 Å². The Hall–Kier alpha value is -3.17. The minimum atomic E-state index is -3.63. The average molecular weight is 429 g/mol. The van der Waals surface area contributed by atoms with Gasteiger partial charge in [-0.3, -0.25) is 9.59 Å². The zero-order valence-electron chi connectivity index (χ0n) is 16.7. The SMILES string of the molecule is CN(C)S(=O)(=O)c1ccccc1CNC(=O)COC(=O)Cc1c[nH]c2ccccc12. The predicted octanol–water partition coefficient (Wildman–Crippen LogP) is 1.82. The highest BCUT2D eigenvalue weighted by atomic mass is 32.2. The van der Waals surface area contributed by atoms with Crippen molar-refractivity contribution in [3.8, 4) is 0 Å². The second-order valence-corrected chi connectivity index (χ2v) is 8.99. The van der Waals surface area contributed by atoms with Gasteiger partial charge in [0.25, 0.3) is 5.91 Å². The van der Waals surface area contributed by atoms with Crippen LogP contribution in [0.1, 0.15) is 11.1 Å². The second-order valence-electron chi connectivity index (χ2n) is 6.87. The van der Waals surface area contributed by atoms with Crippen molar-refractivity contribution in [3.05, 3.63) is 65.9 Å². The number of nitrogens with zero attached hydrogens (tertiary/aromatic N) is 1. The Balaban J connectivity index is 1.54. The summed E-state index contributed by atoms with van der Waals surface area (Å²) in [5.41, 5.74) is 2.16. The van der Waals surface area contributed by atoms with E-state index in [9.17, 15) is 18.0 Å². The Bertz CT molecular complexity index is 1170. The Morgan fingerprint density at radius 3 is 2.50 bits per heavy atom. The largest absolute Gasteiger partial charge is 0.455 e. The normalized spacial score (nSPS) is 11.6. The molecule has 0 aliphatic carbocycles. The molecule has 9 heteroatoms. The number of aromatic amines is 1. The lowest BCUT2D eigenvalue weighted by molar-refractivity contribution is -0.147. The van der Waals surface area contributed by atoms with E-state index in [1.165, 1.54) is 20.2 Å². The first-order valence-electron chi connectivity index (χ1n) is 9.27. The van der Waals surface area contributed by atoms with Gasteiger partial charge in [-0.25, -0.2) is 12.7 Å². The van der Waals surface area contributed by atoms with Crippen molar-refractivity contribution in [1.29, 1.82) is 0 Å². The Kier molecular flexibility index (Phi) is 6.53. The molecule has 0 fully saturated rings. The number of benzene rings is 2. The molecule has 30 heavy (non-hydrogen) atoms. The standard InChI is InChI=1S/C21H23N3O5S/c1-24(2)30(27,28)19-10-6-3-7-15(19)12-23-20(25)14-29-21(26)11-16-13-22-18-9-5-4-8-17(16)18/h3-10,13,22H,11-12,14H2,1-2H3,(H,23,25). The number of hydrogen-bond donors (Lipinski definition) is 2. The van der Waals surface area contributed by atoms with Crippen molar-refractivity contribution in [2.45, 2.75) is 17.9 Å². The van der Waals surface area contributed by atoms with E-state index in [0.717, 1.165) is 20.8 Å². The van der Waals surface area contributed by atoms with Crippen molar-refractivity contribution in [2.75, 3.05) is 20.7 Å². The van der Waals surface area contributed by atoms with Gasteiger partial charge in [0.2, 0.25) is 10.0 Å². The van der Waals surface area contributed by atoms with Crippen LogP contribution >= 0.6 is 0 Å². The Morgan fingerprint density at radius 1 is 1.03 bits per heavy atom. The van der Waals surface area contributed by atoms with Gasteiger partial charge in [-0.15, -0.1) is 0 Å². The minimum Gasteiger partial charge on any atom is -0.455 e. The van der Waals surface area contributed by atoms with E-state index < -0.39 is 28.5 Å². The van der Waals surface area contributed by atoms with Crippen LogP contribution in [0.3, 0.4) is 0 Å². The molecule has 0 saturated heterocycles. The summed E-state index contributed by atoms with van der Waals surface area (Å²) in [5, 5.41) is 3.52. The minimum absolute atomic E-state index is 0.00206. The van der Waals surface area contributed by atoms with Crippen LogP contribution in [0.5, 0.6) is 0 Å². The predicted molar refractivity (Wildman–Crippen MR) is 112 cm³/mol. The van der Waals surface area contributed by atoms with Crippen molar-refractivity contribution < 1.29 is 22.7 Å². The smallest absolute Gasteiger partial charge is 0.310 e. The van der Waals surface area contributed by atoms with E-state index >= 15 is 0 Å². The van der Waals surface area contributed by atoms with Gasteiger partial charge in [-0.2, -0.15) is 0 Å². The molecule has 8 nitrogen and oxygen atoms in total. The van der Waals surface area contributed by atoms with Gasteiger partial charge in [-0.1, -0.05) is 36.4 Å². The summed E-state index contributed by atoms with van der Waals surface area (Å²) in [6, 6.07) is 14.0. The highest BCUT2D eigenvalue weighted by Crippen LogP contribution is 2.19. The molecule has 1 heterocycles. The number of aromatic nitrogens is 1. The molecule has 2 aromatic carbocycles. The van der Waals surface area contributed by atoms with Crippen molar-refractivity contribution in [3.63, 3.8) is 0 Å². The van der Waals surface area contributed by atoms with Gasteiger partial charge >= 0.3 is 5.97 Å². The van der Waals surface area contributed by atoms with E-state index in [4.69, 9.17) is 4.74 Å². The monoisotopic (exact) mass is 429 g/mol. The summed E-state index contributed by atoms with van der Waals surface area (Å²) >= 11 is 0. The molecular formula is C21H23N3O5S. The first kappa shape index (κ1) is 21.5. The summed E-state index contributed by atoms with van der Waals surface area (Å²) in [6.07, 6.45) is 1.79. The van der Waals surface area contributed by atoms with Crippen molar-refractivity contribution in [1.82, 2.24) is 14.6 Å². The number of ether oxygens (including phenoxy) is 1. The molecule has 0 aliphatic heterocycles. The maximum Gasteiger partial charge on any atom is 0.310 e. The highest BCUT2D eigenvalue weighted by Gasteiger charge is 2.21.